The molecular weight excluding hydrogens is 687 g/mol. The number of rotatable bonds is 32. The lowest BCUT2D eigenvalue weighted by Crippen LogP contribution is -2.25. The van der Waals surface area contributed by atoms with Gasteiger partial charge in [0.2, 0.25) is 11.8 Å². The van der Waals surface area contributed by atoms with Crippen LogP contribution in [-0.2, 0) is 9.59 Å². The molecule has 2 unspecified atom stereocenters. The Hall–Kier alpha value is -3.55. The molecule has 0 spiro atoms. The van der Waals surface area contributed by atoms with Crippen molar-refractivity contribution in [3.8, 4) is 11.5 Å². The number of ether oxygens (including phenoxy) is 2. The zero-order valence-corrected chi connectivity index (χ0v) is 35.6. The first kappa shape index (κ1) is 47.6. The molecule has 2 aromatic rings. The van der Waals surface area contributed by atoms with Crippen LogP contribution >= 0.6 is 0 Å². The third-order valence-corrected chi connectivity index (χ3v) is 10.8. The summed E-state index contributed by atoms with van der Waals surface area (Å²) in [4.78, 5) is 41.8. The monoisotopic (exact) mass is 764 g/mol. The Bertz CT molecular complexity index is 1300. The molecule has 0 bridgehead atoms. The normalized spacial score (nSPS) is 12.2. The standard InChI is InChI=1S/C47H77N3O5/c1-7-11-15-19-21-25-29-37(27-23-17-13-9-3)45(51)48-40-33-39(47(53)50-43-36-42(54-5)31-32-44(43)55-6)34-41(35-40)49-46(52)38(28-24-18-14-10-4)30-26-22-20-16-12-8-2/h31-38H,7-30H2,1-6H3,(H,48,51)(H,49,52)(H,50,53). The minimum atomic E-state index is -0.385. The van der Waals surface area contributed by atoms with E-state index in [0.717, 1.165) is 89.9 Å². The molecule has 3 N–H and O–H groups in total. The van der Waals surface area contributed by atoms with Crippen molar-refractivity contribution >= 4 is 34.8 Å². The Kier molecular flexibility index (Phi) is 25.7. The summed E-state index contributed by atoms with van der Waals surface area (Å²) in [6.07, 6.45) is 26.5. The Morgan fingerprint density at radius 3 is 1.29 bits per heavy atom. The second kappa shape index (κ2) is 29.7. The van der Waals surface area contributed by atoms with Crippen molar-refractivity contribution in [1.29, 1.82) is 0 Å². The SMILES string of the molecule is CCCCCCCCC(CCCCCC)C(=O)Nc1cc(NC(=O)C(CCCCCC)CCCCCCCC)cc(C(=O)Nc2cc(OC)ccc2OC)c1. The van der Waals surface area contributed by atoms with E-state index in [1.807, 2.05) is 0 Å². The molecular formula is C47H77N3O5. The van der Waals surface area contributed by atoms with Crippen LogP contribution in [0, 0.1) is 11.8 Å². The third kappa shape index (κ3) is 19.7. The number of carbonyl (C=O) groups is 3. The average Bonchev–Trinajstić information content (AvgIpc) is 3.18. The van der Waals surface area contributed by atoms with Crippen LogP contribution in [0.25, 0.3) is 0 Å². The first-order chi connectivity index (χ1) is 26.8. The number of amides is 3. The molecule has 0 saturated heterocycles. The maximum atomic E-state index is 14.0. The lowest BCUT2D eigenvalue weighted by atomic mass is 9.93. The molecule has 0 fully saturated rings. The van der Waals surface area contributed by atoms with Crippen molar-refractivity contribution in [1.82, 2.24) is 0 Å². The van der Waals surface area contributed by atoms with Gasteiger partial charge in [-0.05, 0) is 56.0 Å². The molecule has 8 nitrogen and oxygen atoms in total. The van der Waals surface area contributed by atoms with Crippen LogP contribution in [0.15, 0.2) is 36.4 Å². The summed E-state index contributed by atoms with van der Waals surface area (Å²) in [5, 5.41) is 9.32. The number of carbonyl (C=O) groups excluding carboxylic acids is 3. The number of unbranched alkanes of at least 4 members (excludes halogenated alkanes) is 16. The highest BCUT2D eigenvalue weighted by molar-refractivity contribution is 6.07. The molecule has 2 aromatic carbocycles. The van der Waals surface area contributed by atoms with E-state index >= 15 is 0 Å². The van der Waals surface area contributed by atoms with Gasteiger partial charge in [-0.25, -0.2) is 0 Å². The van der Waals surface area contributed by atoms with Crippen molar-refractivity contribution in [2.75, 3.05) is 30.2 Å². The van der Waals surface area contributed by atoms with Crippen molar-refractivity contribution < 1.29 is 23.9 Å². The molecule has 0 aliphatic heterocycles. The number of benzene rings is 2. The van der Waals surface area contributed by atoms with Crippen LogP contribution < -0.4 is 25.4 Å². The second-order valence-corrected chi connectivity index (χ2v) is 15.5. The van der Waals surface area contributed by atoms with E-state index in [9.17, 15) is 14.4 Å². The van der Waals surface area contributed by atoms with E-state index in [2.05, 4.69) is 43.6 Å². The van der Waals surface area contributed by atoms with E-state index < -0.39 is 0 Å². The van der Waals surface area contributed by atoms with Crippen LogP contribution in [0.3, 0.4) is 0 Å². The fourth-order valence-corrected chi connectivity index (χ4v) is 7.29. The highest BCUT2D eigenvalue weighted by Crippen LogP contribution is 2.31. The zero-order valence-electron chi connectivity index (χ0n) is 35.6. The van der Waals surface area contributed by atoms with Gasteiger partial charge in [0.05, 0.1) is 19.9 Å². The van der Waals surface area contributed by atoms with Gasteiger partial charge in [-0.15, -0.1) is 0 Å². The van der Waals surface area contributed by atoms with E-state index in [1.165, 1.54) is 64.2 Å². The molecule has 8 heteroatoms. The second-order valence-electron chi connectivity index (χ2n) is 15.5. The fourth-order valence-electron chi connectivity index (χ4n) is 7.29. The van der Waals surface area contributed by atoms with Crippen LogP contribution in [0.2, 0.25) is 0 Å². The Morgan fingerprint density at radius 2 is 0.891 bits per heavy atom. The summed E-state index contributed by atoms with van der Waals surface area (Å²) in [5.41, 5.74) is 1.79. The largest absolute Gasteiger partial charge is 0.497 e. The number of anilines is 3. The highest BCUT2D eigenvalue weighted by Gasteiger charge is 2.22. The molecule has 2 atom stereocenters. The van der Waals surface area contributed by atoms with Crippen LogP contribution in [0.1, 0.15) is 192 Å². The summed E-state index contributed by atoms with van der Waals surface area (Å²) in [6.45, 7) is 8.86. The number of hydrogen-bond donors (Lipinski definition) is 3. The molecule has 0 aromatic heterocycles. The molecule has 0 radical (unpaired) electrons. The minimum absolute atomic E-state index is 0.0220. The van der Waals surface area contributed by atoms with Crippen molar-refractivity contribution in [3.63, 3.8) is 0 Å². The van der Waals surface area contributed by atoms with E-state index in [4.69, 9.17) is 9.47 Å². The smallest absolute Gasteiger partial charge is 0.255 e. The fraction of sp³-hybridized carbons (Fsp3) is 0.681. The van der Waals surface area contributed by atoms with Gasteiger partial charge >= 0.3 is 0 Å². The number of nitrogens with one attached hydrogen (secondary N) is 3. The summed E-state index contributed by atoms with van der Waals surface area (Å²) >= 11 is 0. The van der Waals surface area contributed by atoms with Crippen LogP contribution in [0.4, 0.5) is 17.1 Å². The Balaban J connectivity index is 2.38. The van der Waals surface area contributed by atoms with Gasteiger partial charge in [0.25, 0.3) is 5.91 Å². The predicted molar refractivity (Wildman–Crippen MR) is 232 cm³/mol. The quantitative estimate of drug-likeness (QED) is 0.0643. The van der Waals surface area contributed by atoms with Gasteiger partial charge in [0, 0.05) is 34.8 Å². The number of methoxy groups -OCH3 is 2. The van der Waals surface area contributed by atoms with Crippen LogP contribution in [0.5, 0.6) is 11.5 Å². The summed E-state index contributed by atoms with van der Waals surface area (Å²) in [6, 6.07) is 10.4. The lowest BCUT2D eigenvalue weighted by molar-refractivity contribution is -0.121. The van der Waals surface area contributed by atoms with E-state index in [1.54, 1.807) is 50.6 Å². The van der Waals surface area contributed by atoms with E-state index in [0.29, 0.717) is 34.1 Å². The van der Waals surface area contributed by atoms with Gasteiger partial charge in [-0.3, -0.25) is 14.4 Å². The van der Waals surface area contributed by atoms with Gasteiger partial charge in [0.1, 0.15) is 11.5 Å². The Labute approximate surface area is 335 Å². The van der Waals surface area contributed by atoms with Gasteiger partial charge in [-0.2, -0.15) is 0 Å². The van der Waals surface area contributed by atoms with E-state index in [-0.39, 0.29) is 29.6 Å². The summed E-state index contributed by atoms with van der Waals surface area (Å²) < 4.78 is 10.9. The van der Waals surface area contributed by atoms with Gasteiger partial charge in [0.15, 0.2) is 0 Å². The molecule has 2 rings (SSSR count). The third-order valence-electron chi connectivity index (χ3n) is 10.8. The molecule has 3 amide bonds. The molecule has 310 valence electrons. The minimum Gasteiger partial charge on any atom is -0.497 e. The topological polar surface area (TPSA) is 106 Å². The van der Waals surface area contributed by atoms with Crippen molar-refractivity contribution in [3.05, 3.63) is 42.0 Å². The first-order valence-electron chi connectivity index (χ1n) is 22.1. The maximum Gasteiger partial charge on any atom is 0.255 e. The summed E-state index contributed by atoms with van der Waals surface area (Å²) in [5.74, 6) is 0.431. The molecule has 0 saturated carbocycles. The van der Waals surface area contributed by atoms with Gasteiger partial charge in [-0.1, -0.05) is 156 Å². The Morgan fingerprint density at radius 1 is 0.491 bits per heavy atom. The lowest BCUT2D eigenvalue weighted by Gasteiger charge is -2.20. The van der Waals surface area contributed by atoms with Gasteiger partial charge < -0.3 is 25.4 Å². The van der Waals surface area contributed by atoms with Crippen LogP contribution in [-0.4, -0.2) is 31.9 Å². The molecule has 55 heavy (non-hydrogen) atoms. The molecule has 0 aliphatic rings. The highest BCUT2D eigenvalue weighted by atomic mass is 16.5. The van der Waals surface area contributed by atoms with Crippen molar-refractivity contribution in [2.45, 2.75) is 182 Å². The molecule has 0 aliphatic carbocycles. The zero-order chi connectivity index (χ0) is 40.1. The molecule has 0 heterocycles. The number of hydrogen-bond acceptors (Lipinski definition) is 5. The maximum absolute atomic E-state index is 14.0. The average molecular weight is 764 g/mol. The van der Waals surface area contributed by atoms with Crippen molar-refractivity contribution in [2.24, 2.45) is 11.8 Å². The summed E-state index contributed by atoms with van der Waals surface area (Å²) in [7, 11) is 3.12. The first-order valence-corrected chi connectivity index (χ1v) is 22.1. The predicted octanol–water partition coefficient (Wildman–Crippen LogP) is 13.5.